The zero-order valence-electron chi connectivity index (χ0n) is 13.5. The van der Waals surface area contributed by atoms with Crippen molar-refractivity contribution in [3.63, 3.8) is 0 Å². The van der Waals surface area contributed by atoms with E-state index in [2.05, 4.69) is 34.6 Å². The van der Waals surface area contributed by atoms with E-state index in [0.717, 1.165) is 5.56 Å². The SMILES string of the molecule is Cn1ccc(C23OCC(C)(C)C2(C(C)(C)C)OO3)cc1=O. The van der Waals surface area contributed by atoms with E-state index >= 15 is 0 Å². The first kappa shape index (κ1) is 14.8. The molecule has 0 spiro atoms. The molecule has 0 aliphatic carbocycles. The third-order valence-electron chi connectivity index (χ3n) is 4.88. The average Bonchev–Trinajstić information content (AvgIpc) is 2.46. The molecule has 5 nitrogen and oxygen atoms in total. The van der Waals surface area contributed by atoms with Gasteiger partial charge >= 0.3 is 0 Å². The number of hydrogen-bond acceptors (Lipinski definition) is 4. The van der Waals surface area contributed by atoms with Crippen molar-refractivity contribution < 1.29 is 14.5 Å². The van der Waals surface area contributed by atoms with Crippen LogP contribution in [-0.2, 0) is 27.3 Å². The molecule has 0 N–H and O–H groups in total. The highest BCUT2D eigenvalue weighted by atomic mass is 17.3. The molecule has 2 atom stereocenters. The molecule has 0 amide bonds. The Bertz CT molecular complexity index is 642. The molecule has 0 bridgehead atoms. The lowest BCUT2D eigenvalue weighted by Crippen LogP contribution is -2.73. The molecule has 1 aromatic rings. The summed E-state index contributed by atoms with van der Waals surface area (Å²) in [5.74, 6) is -1.01. The molecule has 2 saturated heterocycles. The van der Waals surface area contributed by atoms with Gasteiger partial charge in [-0.25, -0.2) is 4.89 Å². The highest BCUT2D eigenvalue weighted by molar-refractivity contribution is 5.31. The van der Waals surface area contributed by atoms with Crippen LogP contribution in [0.1, 0.15) is 40.2 Å². The van der Waals surface area contributed by atoms with E-state index in [9.17, 15) is 4.79 Å². The number of aryl methyl sites for hydroxylation is 1. The summed E-state index contributed by atoms with van der Waals surface area (Å²) in [5, 5.41) is 0. The number of ether oxygens (including phenoxy) is 1. The lowest BCUT2D eigenvalue weighted by atomic mass is 9.58. The van der Waals surface area contributed by atoms with Gasteiger partial charge in [-0.1, -0.05) is 34.6 Å². The van der Waals surface area contributed by atoms with Crippen molar-refractivity contribution in [2.24, 2.45) is 17.9 Å². The maximum Gasteiger partial charge on any atom is 0.261 e. The molecule has 2 aliphatic rings. The fraction of sp³-hybridized carbons (Fsp3) is 0.688. The zero-order chi connectivity index (χ0) is 15.7. The molecule has 2 unspecified atom stereocenters. The molecule has 3 heterocycles. The number of pyridine rings is 1. The van der Waals surface area contributed by atoms with Gasteiger partial charge in [0.25, 0.3) is 11.3 Å². The second kappa shape index (κ2) is 3.97. The van der Waals surface area contributed by atoms with Crippen molar-refractivity contribution in [3.8, 4) is 0 Å². The highest BCUT2D eigenvalue weighted by Crippen LogP contribution is 2.68. The average molecular weight is 293 g/mol. The number of hydrogen-bond donors (Lipinski definition) is 0. The maximum atomic E-state index is 12.0. The van der Waals surface area contributed by atoms with Gasteiger partial charge in [0.15, 0.2) is 5.60 Å². The van der Waals surface area contributed by atoms with Crippen LogP contribution >= 0.6 is 0 Å². The molecule has 3 rings (SSSR count). The Morgan fingerprint density at radius 3 is 2.38 bits per heavy atom. The van der Waals surface area contributed by atoms with Crippen LogP contribution in [0.2, 0.25) is 0 Å². The molecule has 116 valence electrons. The van der Waals surface area contributed by atoms with Gasteiger partial charge in [0.05, 0.1) is 6.61 Å². The predicted octanol–water partition coefficient (Wildman–Crippen LogP) is 2.34. The van der Waals surface area contributed by atoms with E-state index in [1.165, 1.54) is 4.57 Å². The Labute approximate surface area is 124 Å². The monoisotopic (exact) mass is 293 g/mol. The molecular formula is C16H23NO4. The minimum absolute atomic E-state index is 0.0894. The molecule has 0 saturated carbocycles. The summed E-state index contributed by atoms with van der Waals surface area (Å²) in [4.78, 5) is 23.2. The van der Waals surface area contributed by atoms with Crippen LogP contribution in [0.4, 0.5) is 0 Å². The molecule has 2 fully saturated rings. The van der Waals surface area contributed by atoms with Crippen LogP contribution in [0.25, 0.3) is 0 Å². The Balaban J connectivity index is 2.21. The second-order valence-electron chi connectivity index (χ2n) is 7.75. The quantitative estimate of drug-likeness (QED) is 0.746. The summed E-state index contributed by atoms with van der Waals surface area (Å²) in [6.07, 6.45) is 1.73. The molecule has 21 heavy (non-hydrogen) atoms. The minimum Gasteiger partial charge on any atom is -0.341 e. The summed E-state index contributed by atoms with van der Waals surface area (Å²) in [6.45, 7) is 11.1. The second-order valence-corrected chi connectivity index (χ2v) is 7.75. The van der Waals surface area contributed by atoms with Gasteiger partial charge in [-0.2, -0.15) is 4.89 Å². The minimum atomic E-state index is -1.01. The Morgan fingerprint density at radius 2 is 1.90 bits per heavy atom. The zero-order valence-corrected chi connectivity index (χ0v) is 13.5. The maximum absolute atomic E-state index is 12.0. The van der Waals surface area contributed by atoms with Crippen molar-refractivity contribution in [1.82, 2.24) is 4.57 Å². The third-order valence-corrected chi connectivity index (χ3v) is 4.88. The van der Waals surface area contributed by atoms with Crippen molar-refractivity contribution in [2.45, 2.75) is 46.0 Å². The van der Waals surface area contributed by atoms with E-state index in [-0.39, 0.29) is 16.4 Å². The molecule has 0 radical (unpaired) electrons. The van der Waals surface area contributed by atoms with Gasteiger partial charge in [0, 0.05) is 35.7 Å². The predicted molar refractivity (Wildman–Crippen MR) is 77.5 cm³/mol. The van der Waals surface area contributed by atoms with E-state index in [4.69, 9.17) is 14.5 Å². The lowest BCUT2D eigenvalue weighted by molar-refractivity contribution is -0.626. The van der Waals surface area contributed by atoms with Crippen LogP contribution in [0.3, 0.4) is 0 Å². The van der Waals surface area contributed by atoms with Gasteiger partial charge in [0.2, 0.25) is 0 Å². The van der Waals surface area contributed by atoms with E-state index in [1.54, 1.807) is 19.3 Å². The van der Waals surface area contributed by atoms with Gasteiger partial charge in [-0.05, 0) is 6.07 Å². The summed E-state index contributed by atoms with van der Waals surface area (Å²) in [6, 6.07) is 3.44. The van der Waals surface area contributed by atoms with Crippen LogP contribution in [-0.4, -0.2) is 16.8 Å². The topological polar surface area (TPSA) is 49.7 Å². The number of aromatic nitrogens is 1. The first-order valence-electron chi connectivity index (χ1n) is 7.25. The van der Waals surface area contributed by atoms with Gasteiger partial charge in [0.1, 0.15) is 0 Å². The number of nitrogens with zero attached hydrogens (tertiary/aromatic N) is 1. The fourth-order valence-electron chi connectivity index (χ4n) is 3.99. The van der Waals surface area contributed by atoms with Crippen molar-refractivity contribution in [1.29, 1.82) is 0 Å². The Kier molecular flexibility index (Phi) is 2.79. The van der Waals surface area contributed by atoms with E-state index in [0.29, 0.717) is 6.61 Å². The van der Waals surface area contributed by atoms with Gasteiger partial charge < -0.3 is 9.30 Å². The summed E-state index contributed by atoms with van der Waals surface area (Å²) in [5.41, 5.74) is -0.457. The smallest absolute Gasteiger partial charge is 0.261 e. The number of rotatable bonds is 1. The molecule has 0 aromatic carbocycles. The van der Waals surface area contributed by atoms with Crippen molar-refractivity contribution >= 4 is 0 Å². The first-order valence-corrected chi connectivity index (χ1v) is 7.25. The molecule has 2 aliphatic heterocycles. The molecule has 1 aromatic heterocycles. The summed E-state index contributed by atoms with van der Waals surface area (Å²) in [7, 11) is 1.72. The lowest BCUT2D eigenvalue weighted by Gasteiger charge is -2.61. The van der Waals surface area contributed by atoms with Crippen LogP contribution < -0.4 is 5.56 Å². The Morgan fingerprint density at radius 1 is 1.24 bits per heavy atom. The summed E-state index contributed by atoms with van der Waals surface area (Å²) >= 11 is 0. The van der Waals surface area contributed by atoms with Gasteiger partial charge in [-0.15, -0.1) is 0 Å². The summed E-state index contributed by atoms with van der Waals surface area (Å²) < 4.78 is 7.60. The largest absolute Gasteiger partial charge is 0.341 e. The Hall–Kier alpha value is -1.17. The van der Waals surface area contributed by atoms with E-state index < -0.39 is 11.4 Å². The van der Waals surface area contributed by atoms with E-state index in [1.807, 2.05) is 6.07 Å². The van der Waals surface area contributed by atoms with Crippen molar-refractivity contribution in [2.75, 3.05) is 6.61 Å². The van der Waals surface area contributed by atoms with Crippen molar-refractivity contribution in [3.05, 3.63) is 34.2 Å². The molecular weight excluding hydrogens is 270 g/mol. The third kappa shape index (κ3) is 1.54. The van der Waals surface area contributed by atoms with Crippen LogP contribution in [0.5, 0.6) is 0 Å². The first-order chi connectivity index (χ1) is 9.57. The molecule has 5 heteroatoms. The highest BCUT2D eigenvalue weighted by Gasteiger charge is 2.81. The standard InChI is InChI=1S/C16H23NO4/c1-13(2,3)16-14(4,5)10-19-15(16,20-21-16)11-7-8-17(6)12(18)9-11/h7-9H,10H2,1-6H3. The van der Waals surface area contributed by atoms with Gasteiger partial charge in [-0.3, -0.25) is 4.79 Å². The van der Waals surface area contributed by atoms with Crippen LogP contribution in [0, 0.1) is 10.8 Å². The fourth-order valence-corrected chi connectivity index (χ4v) is 3.99. The number of fused-ring (bicyclic) bond motifs is 1. The van der Waals surface area contributed by atoms with Crippen LogP contribution in [0.15, 0.2) is 23.1 Å². The normalized spacial score (nSPS) is 34.4.